The zero-order valence-corrected chi connectivity index (χ0v) is 13.9. The van der Waals surface area contributed by atoms with Crippen LogP contribution in [0.3, 0.4) is 0 Å². The highest BCUT2D eigenvalue weighted by molar-refractivity contribution is 5.97. The molecule has 0 unspecified atom stereocenters. The number of piperidine rings is 1. The number of likely N-dealkylation sites (N-methyl/N-ethyl adjacent to an activating group) is 1. The fourth-order valence-corrected chi connectivity index (χ4v) is 3.35. The summed E-state index contributed by atoms with van der Waals surface area (Å²) < 4.78 is 24.7. The zero-order valence-electron chi connectivity index (χ0n) is 13.9. The second-order valence-electron chi connectivity index (χ2n) is 6.17. The van der Waals surface area contributed by atoms with Gasteiger partial charge in [-0.25, -0.2) is 9.18 Å². The van der Waals surface area contributed by atoms with E-state index in [9.17, 15) is 14.0 Å². The van der Waals surface area contributed by atoms with Gasteiger partial charge < -0.3 is 19.3 Å². The molecule has 24 heavy (non-hydrogen) atoms. The van der Waals surface area contributed by atoms with Crippen LogP contribution in [0.25, 0.3) is 0 Å². The van der Waals surface area contributed by atoms with E-state index < -0.39 is 17.3 Å². The molecule has 0 aromatic heterocycles. The normalized spacial score (nSPS) is 19.5. The van der Waals surface area contributed by atoms with Gasteiger partial charge in [0.15, 0.2) is 0 Å². The lowest BCUT2D eigenvalue weighted by Crippen LogP contribution is -2.48. The quantitative estimate of drug-likeness (QED) is 0.850. The highest BCUT2D eigenvalue weighted by Gasteiger charge is 2.47. The van der Waals surface area contributed by atoms with Crippen molar-refractivity contribution in [3.05, 3.63) is 29.6 Å². The Bertz CT molecular complexity index is 656. The Hall–Kier alpha value is -2.31. The molecule has 0 N–H and O–H groups in total. The monoisotopic (exact) mass is 336 g/mol. The van der Waals surface area contributed by atoms with Crippen LogP contribution < -0.4 is 4.74 Å². The van der Waals surface area contributed by atoms with Gasteiger partial charge >= 0.3 is 6.09 Å². The molecule has 1 spiro atoms. The summed E-state index contributed by atoms with van der Waals surface area (Å²) in [5.74, 6) is -0.759. The summed E-state index contributed by atoms with van der Waals surface area (Å²) in [4.78, 5) is 27.7. The third-order valence-corrected chi connectivity index (χ3v) is 4.79. The standard InChI is InChI=1S/C17H21FN2O4/c1-3-19-11-17(24-16(19)22)7-9-20(10-8-17)15(21)14-12(18)5-4-6-13(14)23-2/h4-6H,3,7-11H2,1-2H3. The van der Waals surface area contributed by atoms with E-state index in [2.05, 4.69) is 0 Å². The largest absolute Gasteiger partial charge is 0.496 e. The topological polar surface area (TPSA) is 59.1 Å². The number of benzene rings is 1. The number of halogens is 1. The number of carbonyl (C=O) groups is 2. The highest BCUT2D eigenvalue weighted by Crippen LogP contribution is 2.34. The molecule has 0 aliphatic carbocycles. The summed E-state index contributed by atoms with van der Waals surface area (Å²) in [6.07, 6.45) is 0.809. The molecule has 1 aromatic rings. The third-order valence-electron chi connectivity index (χ3n) is 4.79. The second-order valence-corrected chi connectivity index (χ2v) is 6.17. The minimum absolute atomic E-state index is 0.0467. The van der Waals surface area contributed by atoms with Gasteiger partial charge in [0.1, 0.15) is 22.7 Å². The number of hydrogen-bond donors (Lipinski definition) is 0. The molecular weight excluding hydrogens is 315 g/mol. The maximum Gasteiger partial charge on any atom is 0.410 e. The number of likely N-dealkylation sites (tertiary alicyclic amines) is 1. The summed E-state index contributed by atoms with van der Waals surface area (Å²) >= 11 is 0. The fourth-order valence-electron chi connectivity index (χ4n) is 3.35. The Morgan fingerprint density at radius 2 is 2.08 bits per heavy atom. The maximum atomic E-state index is 14.1. The molecule has 7 heteroatoms. The van der Waals surface area contributed by atoms with Gasteiger partial charge in [-0.05, 0) is 19.1 Å². The molecule has 2 heterocycles. The van der Waals surface area contributed by atoms with Crippen molar-refractivity contribution in [3.63, 3.8) is 0 Å². The van der Waals surface area contributed by atoms with Crippen molar-refractivity contribution in [2.75, 3.05) is 33.3 Å². The molecule has 2 fully saturated rings. The van der Waals surface area contributed by atoms with Gasteiger partial charge in [-0.2, -0.15) is 0 Å². The molecule has 0 saturated carbocycles. The maximum absolute atomic E-state index is 14.1. The van der Waals surface area contributed by atoms with E-state index in [1.54, 1.807) is 15.9 Å². The van der Waals surface area contributed by atoms with Crippen LogP contribution in [0.2, 0.25) is 0 Å². The summed E-state index contributed by atoms with van der Waals surface area (Å²) in [6, 6.07) is 4.33. The predicted octanol–water partition coefficient (Wildman–Crippen LogP) is 2.28. The number of nitrogens with zero attached hydrogens (tertiary/aromatic N) is 2. The zero-order chi connectivity index (χ0) is 17.3. The van der Waals surface area contributed by atoms with Crippen LogP contribution in [0.1, 0.15) is 30.1 Å². The van der Waals surface area contributed by atoms with Crippen molar-refractivity contribution < 1.29 is 23.5 Å². The van der Waals surface area contributed by atoms with Crippen LogP contribution in [-0.2, 0) is 4.74 Å². The summed E-state index contributed by atoms with van der Waals surface area (Å²) in [5, 5.41) is 0. The molecule has 0 atom stereocenters. The van der Waals surface area contributed by atoms with Crippen molar-refractivity contribution in [3.8, 4) is 5.75 Å². The van der Waals surface area contributed by atoms with E-state index in [1.807, 2.05) is 6.92 Å². The lowest BCUT2D eigenvalue weighted by atomic mass is 9.91. The highest BCUT2D eigenvalue weighted by atomic mass is 19.1. The Morgan fingerprint density at radius 1 is 1.38 bits per heavy atom. The molecule has 2 amide bonds. The molecule has 0 radical (unpaired) electrons. The van der Waals surface area contributed by atoms with Gasteiger partial charge in [-0.15, -0.1) is 0 Å². The SMILES string of the molecule is CCN1CC2(CCN(C(=O)c3c(F)cccc3OC)CC2)OC1=O. The molecule has 3 rings (SSSR count). The number of amides is 2. The number of ether oxygens (including phenoxy) is 2. The van der Waals surface area contributed by atoms with Gasteiger partial charge in [-0.3, -0.25) is 4.79 Å². The molecule has 6 nitrogen and oxygen atoms in total. The van der Waals surface area contributed by atoms with Crippen molar-refractivity contribution in [2.24, 2.45) is 0 Å². The Morgan fingerprint density at radius 3 is 2.67 bits per heavy atom. The fraction of sp³-hybridized carbons (Fsp3) is 0.529. The molecule has 2 aliphatic heterocycles. The van der Waals surface area contributed by atoms with Gasteiger partial charge in [-0.1, -0.05) is 6.07 Å². The number of carbonyl (C=O) groups excluding carboxylic acids is 2. The first-order chi connectivity index (χ1) is 11.5. The minimum atomic E-state index is -0.593. The van der Waals surface area contributed by atoms with E-state index in [-0.39, 0.29) is 17.4 Å². The molecule has 2 aliphatic rings. The first-order valence-electron chi connectivity index (χ1n) is 8.09. The van der Waals surface area contributed by atoms with Crippen LogP contribution in [0.15, 0.2) is 18.2 Å². The first kappa shape index (κ1) is 16.5. The predicted molar refractivity (Wildman–Crippen MR) is 84.5 cm³/mol. The van der Waals surface area contributed by atoms with Gasteiger partial charge in [0.25, 0.3) is 5.91 Å². The summed E-state index contributed by atoms with van der Waals surface area (Å²) in [5.41, 5.74) is -0.571. The summed E-state index contributed by atoms with van der Waals surface area (Å²) in [6.45, 7) is 3.90. The Labute approximate surface area is 140 Å². The molecule has 130 valence electrons. The molecule has 2 saturated heterocycles. The number of hydrogen-bond acceptors (Lipinski definition) is 4. The lowest BCUT2D eigenvalue weighted by Gasteiger charge is -2.37. The van der Waals surface area contributed by atoms with Crippen molar-refractivity contribution >= 4 is 12.0 Å². The molecule has 1 aromatic carbocycles. The summed E-state index contributed by atoms with van der Waals surface area (Å²) in [7, 11) is 1.41. The van der Waals surface area contributed by atoms with Crippen molar-refractivity contribution in [1.82, 2.24) is 9.80 Å². The minimum Gasteiger partial charge on any atom is -0.496 e. The van der Waals surface area contributed by atoms with E-state index in [0.29, 0.717) is 39.0 Å². The average molecular weight is 336 g/mol. The van der Waals surface area contributed by atoms with Crippen molar-refractivity contribution in [2.45, 2.75) is 25.4 Å². The van der Waals surface area contributed by atoms with E-state index in [1.165, 1.54) is 19.2 Å². The van der Waals surface area contributed by atoms with Crippen molar-refractivity contribution in [1.29, 1.82) is 0 Å². The van der Waals surface area contributed by atoms with Gasteiger partial charge in [0, 0.05) is 32.5 Å². The average Bonchev–Trinajstić information content (AvgIpc) is 2.90. The van der Waals surface area contributed by atoms with Gasteiger partial charge in [0.2, 0.25) is 0 Å². The van der Waals surface area contributed by atoms with Gasteiger partial charge in [0.05, 0.1) is 13.7 Å². The second kappa shape index (κ2) is 6.30. The van der Waals surface area contributed by atoms with Crippen LogP contribution in [0.5, 0.6) is 5.75 Å². The third kappa shape index (κ3) is 2.79. The number of rotatable bonds is 3. The van der Waals surface area contributed by atoms with Crippen LogP contribution in [0.4, 0.5) is 9.18 Å². The Balaban J connectivity index is 1.72. The van der Waals surface area contributed by atoms with Crippen LogP contribution >= 0.6 is 0 Å². The Kier molecular flexibility index (Phi) is 4.34. The number of methoxy groups -OCH3 is 1. The van der Waals surface area contributed by atoms with Crippen LogP contribution in [-0.4, -0.2) is 60.7 Å². The molecule has 0 bridgehead atoms. The lowest BCUT2D eigenvalue weighted by molar-refractivity contribution is 0.00296. The molecular formula is C17H21FN2O4. The van der Waals surface area contributed by atoms with E-state index in [0.717, 1.165) is 0 Å². The smallest absolute Gasteiger partial charge is 0.410 e. The van der Waals surface area contributed by atoms with E-state index in [4.69, 9.17) is 9.47 Å². The van der Waals surface area contributed by atoms with Crippen LogP contribution in [0, 0.1) is 5.82 Å². The van der Waals surface area contributed by atoms with E-state index >= 15 is 0 Å². The first-order valence-corrected chi connectivity index (χ1v) is 8.09.